The summed E-state index contributed by atoms with van der Waals surface area (Å²) in [6.07, 6.45) is -0.783. The summed E-state index contributed by atoms with van der Waals surface area (Å²) in [6.45, 7) is 3.13. The predicted octanol–water partition coefficient (Wildman–Crippen LogP) is 3.10. The van der Waals surface area contributed by atoms with Crippen LogP contribution in [0.25, 0.3) is 0 Å². The molecule has 7 nitrogen and oxygen atoms in total. The van der Waals surface area contributed by atoms with Crippen LogP contribution in [0.15, 0.2) is 36.4 Å². The van der Waals surface area contributed by atoms with Gasteiger partial charge in [-0.2, -0.15) is 0 Å². The topological polar surface area (TPSA) is 95.9 Å². The fraction of sp³-hybridized carbons (Fsp3) is 0.211. The van der Waals surface area contributed by atoms with Gasteiger partial charge in [0, 0.05) is 10.7 Å². The number of nitrogens with one attached hydrogen (secondary N) is 1. The Morgan fingerprint density at radius 3 is 2.67 bits per heavy atom. The lowest BCUT2D eigenvalue weighted by molar-refractivity contribution is -0.127. The number of ether oxygens (including phenoxy) is 1. The highest BCUT2D eigenvalue weighted by atomic mass is 35.5. The van der Waals surface area contributed by atoms with E-state index in [4.69, 9.17) is 16.3 Å². The van der Waals surface area contributed by atoms with Gasteiger partial charge in [-0.15, -0.1) is 0 Å². The van der Waals surface area contributed by atoms with Crippen molar-refractivity contribution in [2.75, 3.05) is 16.8 Å². The molecule has 27 heavy (non-hydrogen) atoms. The minimum Gasteiger partial charge on any atom is -0.479 e. The summed E-state index contributed by atoms with van der Waals surface area (Å²) in [4.78, 5) is 37.4. The van der Waals surface area contributed by atoms with E-state index in [1.807, 2.05) is 6.92 Å². The van der Waals surface area contributed by atoms with Gasteiger partial charge in [0.1, 0.15) is 12.3 Å². The molecular weight excluding hydrogens is 372 g/mol. The lowest BCUT2D eigenvalue weighted by Crippen LogP contribution is -2.47. The van der Waals surface area contributed by atoms with Gasteiger partial charge >= 0.3 is 5.97 Å². The number of carboxylic acids is 1. The summed E-state index contributed by atoms with van der Waals surface area (Å²) in [5.74, 6) is -1.66. The molecule has 1 aliphatic rings. The van der Waals surface area contributed by atoms with Crippen LogP contribution in [0.5, 0.6) is 5.75 Å². The molecule has 3 rings (SSSR count). The quantitative estimate of drug-likeness (QED) is 0.839. The van der Waals surface area contributed by atoms with E-state index in [1.54, 1.807) is 25.1 Å². The Labute approximate surface area is 160 Å². The van der Waals surface area contributed by atoms with Crippen LogP contribution in [0.2, 0.25) is 5.02 Å². The molecular formula is C19H17ClN2O5. The van der Waals surface area contributed by atoms with E-state index in [1.165, 1.54) is 23.1 Å². The monoisotopic (exact) mass is 388 g/mol. The first-order chi connectivity index (χ1) is 12.8. The van der Waals surface area contributed by atoms with Gasteiger partial charge in [-0.3, -0.25) is 14.5 Å². The highest BCUT2D eigenvalue weighted by Crippen LogP contribution is 2.35. The average molecular weight is 389 g/mol. The first-order valence-corrected chi connectivity index (χ1v) is 8.55. The maximum absolute atomic E-state index is 12.5. The zero-order valence-electron chi connectivity index (χ0n) is 14.7. The summed E-state index contributed by atoms with van der Waals surface area (Å²) in [6, 6.07) is 9.28. The molecule has 0 spiro atoms. The fourth-order valence-corrected chi connectivity index (χ4v) is 2.90. The molecule has 1 atom stereocenters. The molecule has 2 N–H and O–H groups in total. The van der Waals surface area contributed by atoms with E-state index in [0.717, 1.165) is 5.56 Å². The van der Waals surface area contributed by atoms with Crippen molar-refractivity contribution in [3.63, 3.8) is 0 Å². The van der Waals surface area contributed by atoms with Crippen molar-refractivity contribution in [1.82, 2.24) is 0 Å². The van der Waals surface area contributed by atoms with Crippen molar-refractivity contribution < 1.29 is 24.2 Å². The normalized spacial score (nSPS) is 15.7. The lowest BCUT2D eigenvalue weighted by atomic mass is 10.1. The van der Waals surface area contributed by atoms with Crippen molar-refractivity contribution in [1.29, 1.82) is 0 Å². The molecule has 0 saturated heterocycles. The van der Waals surface area contributed by atoms with Crippen LogP contribution in [-0.4, -0.2) is 35.5 Å². The molecule has 2 amide bonds. The summed E-state index contributed by atoms with van der Waals surface area (Å²) < 4.78 is 5.50. The average Bonchev–Trinajstić information content (AvgIpc) is 2.61. The molecule has 0 aromatic heterocycles. The van der Waals surface area contributed by atoms with Crippen LogP contribution in [0.3, 0.4) is 0 Å². The summed E-state index contributed by atoms with van der Waals surface area (Å²) >= 11 is 6.06. The number of carbonyl (C=O) groups is 3. The van der Waals surface area contributed by atoms with Crippen LogP contribution in [0.4, 0.5) is 11.4 Å². The van der Waals surface area contributed by atoms with E-state index < -0.39 is 23.9 Å². The smallest absolute Gasteiger partial charge is 0.335 e. The number of anilines is 2. The van der Waals surface area contributed by atoms with Crippen molar-refractivity contribution in [2.24, 2.45) is 0 Å². The Morgan fingerprint density at radius 2 is 2.00 bits per heavy atom. The van der Waals surface area contributed by atoms with Crippen LogP contribution < -0.4 is 15.0 Å². The van der Waals surface area contributed by atoms with Gasteiger partial charge in [-0.25, -0.2) is 4.79 Å². The van der Waals surface area contributed by atoms with Gasteiger partial charge in [0.2, 0.25) is 5.91 Å². The molecule has 0 fully saturated rings. The number of fused-ring (bicyclic) bond motifs is 1. The molecule has 8 heteroatoms. The zero-order valence-corrected chi connectivity index (χ0v) is 15.4. The largest absolute Gasteiger partial charge is 0.479 e. The standard InChI is InChI=1S/C19H17ClN2O5/c1-10-3-5-13(8-14(10)20)21-17(23)9-22-15-7-12(19(25)26)4-6-16(15)27-11(2)18(22)24/h3-8,11H,9H2,1-2H3,(H,21,23)(H,25,26). The molecule has 1 unspecified atom stereocenters. The number of halogens is 1. The van der Waals surface area contributed by atoms with E-state index in [0.29, 0.717) is 16.5 Å². The number of carbonyl (C=O) groups excluding carboxylic acids is 2. The van der Waals surface area contributed by atoms with Crippen molar-refractivity contribution in [3.8, 4) is 5.75 Å². The summed E-state index contributed by atoms with van der Waals surface area (Å²) in [5.41, 5.74) is 1.62. The third-order valence-electron chi connectivity index (χ3n) is 4.17. The second-order valence-corrected chi connectivity index (χ2v) is 6.59. The summed E-state index contributed by atoms with van der Waals surface area (Å²) in [5, 5.41) is 12.4. The number of rotatable bonds is 4. The SMILES string of the molecule is Cc1ccc(NC(=O)CN2C(=O)C(C)Oc3ccc(C(=O)O)cc32)cc1Cl. The molecule has 0 radical (unpaired) electrons. The number of benzene rings is 2. The number of hydrogen-bond acceptors (Lipinski definition) is 4. The summed E-state index contributed by atoms with van der Waals surface area (Å²) in [7, 11) is 0. The minimum atomic E-state index is -1.14. The Hall–Kier alpha value is -3.06. The van der Waals surface area contributed by atoms with E-state index in [-0.39, 0.29) is 17.8 Å². The Morgan fingerprint density at radius 1 is 1.26 bits per heavy atom. The maximum Gasteiger partial charge on any atom is 0.335 e. The van der Waals surface area contributed by atoms with E-state index in [2.05, 4.69) is 5.32 Å². The molecule has 1 aliphatic heterocycles. The molecule has 0 aliphatic carbocycles. The predicted molar refractivity (Wildman–Crippen MR) is 101 cm³/mol. The molecule has 1 heterocycles. The number of aromatic carboxylic acids is 1. The van der Waals surface area contributed by atoms with Crippen molar-refractivity contribution in [2.45, 2.75) is 20.0 Å². The second-order valence-electron chi connectivity index (χ2n) is 6.18. The Bertz CT molecular complexity index is 944. The first kappa shape index (κ1) is 18.7. The number of carboxylic acid groups (broad SMARTS) is 1. The number of nitrogens with zero attached hydrogens (tertiary/aromatic N) is 1. The van der Waals surface area contributed by atoms with Crippen molar-refractivity contribution >= 4 is 40.8 Å². The van der Waals surface area contributed by atoms with Crippen LogP contribution in [0.1, 0.15) is 22.8 Å². The number of amides is 2. The maximum atomic E-state index is 12.5. The zero-order chi connectivity index (χ0) is 19.7. The van der Waals surface area contributed by atoms with E-state index in [9.17, 15) is 19.5 Å². The third-order valence-corrected chi connectivity index (χ3v) is 4.58. The van der Waals surface area contributed by atoms with Gasteiger partial charge < -0.3 is 15.2 Å². The minimum absolute atomic E-state index is 0.00423. The van der Waals surface area contributed by atoms with Gasteiger partial charge in [0.15, 0.2) is 6.10 Å². The van der Waals surface area contributed by atoms with Crippen LogP contribution >= 0.6 is 11.6 Å². The lowest BCUT2D eigenvalue weighted by Gasteiger charge is -2.32. The third kappa shape index (κ3) is 3.88. The Balaban J connectivity index is 1.85. The molecule has 2 aromatic rings. The molecule has 140 valence electrons. The van der Waals surface area contributed by atoms with Gasteiger partial charge in [-0.1, -0.05) is 17.7 Å². The molecule has 0 bridgehead atoms. The van der Waals surface area contributed by atoms with Gasteiger partial charge in [-0.05, 0) is 49.7 Å². The Kier molecular flexibility index (Phi) is 5.05. The fourth-order valence-electron chi connectivity index (χ4n) is 2.72. The first-order valence-electron chi connectivity index (χ1n) is 8.17. The number of aryl methyl sites for hydroxylation is 1. The highest BCUT2D eigenvalue weighted by Gasteiger charge is 2.33. The van der Waals surface area contributed by atoms with Crippen LogP contribution in [-0.2, 0) is 9.59 Å². The van der Waals surface area contributed by atoms with E-state index >= 15 is 0 Å². The number of hydrogen-bond donors (Lipinski definition) is 2. The molecule has 2 aromatic carbocycles. The highest BCUT2D eigenvalue weighted by molar-refractivity contribution is 6.31. The van der Waals surface area contributed by atoms with Gasteiger partial charge in [0.05, 0.1) is 11.3 Å². The molecule has 0 saturated carbocycles. The van der Waals surface area contributed by atoms with Gasteiger partial charge in [0.25, 0.3) is 5.91 Å². The van der Waals surface area contributed by atoms with Crippen LogP contribution in [0, 0.1) is 6.92 Å². The van der Waals surface area contributed by atoms with Crippen molar-refractivity contribution in [3.05, 3.63) is 52.5 Å². The second kappa shape index (κ2) is 7.28.